The van der Waals surface area contributed by atoms with Gasteiger partial charge in [-0.25, -0.2) is 9.59 Å². The minimum absolute atomic E-state index is 0.323. The van der Waals surface area contributed by atoms with Gasteiger partial charge in [-0.2, -0.15) is 4.99 Å². The van der Waals surface area contributed by atoms with E-state index in [9.17, 15) is 49.5 Å². The summed E-state index contributed by atoms with van der Waals surface area (Å²) < 4.78 is 39.4. The Bertz CT molecular complexity index is 1540. The number of carbonyl (C=O) groups is 5. The zero-order chi connectivity index (χ0) is 38.6. The van der Waals surface area contributed by atoms with Gasteiger partial charge < -0.3 is 58.7 Å². The van der Waals surface area contributed by atoms with E-state index in [0.717, 1.165) is 13.8 Å². The van der Waals surface area contributed by atoms with Crippen LogP contribution in [0.3, 0.4) is 0 Å². The Kier molecular flexibility index (Phi) is 13.5. The van der Waals surface area contributed by atoms with Crippen molar-refractivity contribution in [1.29, 1.82) is 5.41 Å². The molecule has 0 aromatic rings. The van der Waals surface area contributed by atoms with Gasteiger partial charge in [-0.15, -0.1) is 0 Å². The number of carbonyl (C=O) groups excluding carboxylic acids is 4. The molecule has 3 rings (SSSR count). The average molecular weight is 745 g/mol. The number of Topliss-reactive ketones (excluding diaryl/α,β-unsaturated/α-hetero) is 1. The summed E-state index contributed by atoms with van der Waals surface area (Å²) in [6.45, 7) is 5.66. The van der Waals surface area contributed by atoms with Gasteiger partial charge in [0.25, 0.3) is 0 Å². The van der Waals surface area contributed by atoms with Gasteiger partial charge in [0.05, 0.1) is 23.8 Å². The molecule has 11 atom stereocenters. The van der Waals surface area contributed by atoms with Crippen LogP contribution in [-0.4, -0.2) is 146 Å². The van der Waals surface area contributed by atoms with Gasteiger partial charge in [-0.05, 0) is 33.0 Å². The van der Waals surface area contributed by atoms with Crippen LogP contribution in [0.5, 0.6) is 0 Å². The minimum Gasteiger partial charge on any atom is -0.508 e. The monoisotopic (exact) mass is 744 g/mol. The smallest absolute Gasteiger partial charge is 0.357 e. The molecule has 0 bridgehead atoms. The molecule has 1 aliphatic carbocycles. The second-order valence-electron chi connectivity index (χ2n) is 12.0. The van der Waals surface area contributed by atoms with E-state index in [1.54, 1.807) is 0 Å². The fourth-order valence-corrected chi connectivity index (χ4v) is 6.35. The first-order valence-electron chi connectivity index (χ1n) is 15.4. The SMILES string of the molecule is C/C=C(/N=C=S)C(=O)OC1C(COC(C)=O)O[C@H]([C@@]2(O)CC(=O)C(=N)C(C(=O)O)=C2O)C(O)C1OC1CC(OC)C(O)([C@H](C)OC(C)=O)C(C)O1. The molecule has 282 valence electrons. The summed E-state index contributed by atoms with van der Waals surface area (Å²) in [5.74, 6) is -7.31. The molecule has 0 radical (unpaired) electrons. The van der Waals surface area contributed by atoms with E-state index in [1.165, 1.54) is 34.0 Å². The summed E-state index contributed by atoms with van der Waals surface area (Å²) in [7, 11) is 1.25. The highest BCUT2D eigenvalue weighted by atomic mass is 32.1. The number of aliphatic hydroxyl groups is 4. The normalized spacial score (nSPS) is 35.0. The number of methoxy groups -OCH3 is 1. The summed E-state index contributed by atoms with van der Waals surface area (Å²) >= 11 is 4.58. The Hall–Kier alpha value is -3.98. The fourth-order valence-electron chi connectivity index (χ4n) is 6.25. The summed E-state index contributed by atoms with van der Waals surface area (Å²) in [4.78, 5) is 65.1. The number of esters is 3. The topological polar surface area (TPSA) is 287 Å². The lowest BCUT2D eigenvalue weighted by molar-refractivity contribution is -0.345. The van der Waals surface area contributed by atoms with Crippen molar-refractivity contribution in [1.82, 2.24) is 0 Å². The molecule has 8 unspecified atom stereocenters. The molecular weight excluding hydrogens is 704 g/mol. The first-order chi connectivity index (χ1) is 23.8. The lowest BCUT2D eigenvalue weighted by Gasteiger charge is -2.52. The average Bonchev–Trinajstić information content (AvgIpc) is 3.04. The van der Waals surface area contributed by atoms with Crippen molar-refractivity contribution in [2.45, 2.75) is 114 Å². The third-order valence-electron chi connectivity index (χ3n) is 8.81. The van der Waals surface area contributed by atoms with Crippen LogP contribution in [-0.2, 0) is 57.1 Å². The number of ether oxygens (including phenoxy) is 7. The van der Waals surface area contributed by atoms with Gasteiger partial charge in [-0.3, -0.25) is 19.8 Å². The molecular formula is C31H40N2O17S. The third-order valence-corrected chi connectivity index (χ3v) is 8.90. The zero-order valence-corrected chi connectivity index (χ0v) is 29.2. The lowest BCUT2D eigenvalue weighted by Crippen LogP contribution is -2.70. The van der Waals surface area contributed by atoms with Crippen LogP contribution in [0.1, 0.15) is 47.5 Å². The maximum Gasteiger partial charge on any atom is 0.357 e. The van der Waals surface area contributed by atoms with Crippen molar-refractivity contribution in [3.63, 3.8) is 0 Å². The summed E-state index contributed by atoms with van der Waals surface area (Å²) in [6.07, 6.45) is -15.0. The molecule has 19 nitrogen and oxygen atoms in total. The molecule has 0 aromatic heterocycles. The molecule has 51 heavy (non-hydrogen) atoms. The highest BCUT2D eigenvalue weighted by molar-refractivity contribution is 7.78. The first kappa shape index (κ1) is 41.4. The van der Waals surface area contributed by atoms with Crippen LogP contribution in [0.25, 0.3) is 0 Å². The molecule has 2 fully saturated rings. The Balaban J connectivity index is 2.17. The van der Waals surface area contributed by atoms with Crippen molar-refractivity contribution in [2.24, 2.45) is 4.99 Å². The van der Waals surface area contributed by atoms with Crippen LogP contribution in [0.4, 0.5) is 0 Å². The van der Waals surface area contributed by atoms with Crippen molar-refractivity contribution in [2.75, 3.05) is 13.7 Å². The summed E-state index contributed by atoms with van der Waals surface area (Å²) in [6, 6.07) is 0. The van der Waals surface area contributed by atoms with Crippen molar-refractivity contribution in [3.05, 3.63) is 23.1 Å². The number of rotatable bonds is 12. The number of hydrogen-bond acceptors (Lipinski definition) is 19. The van der Waals surface area contributed by atoms with Crippen LogP contribution in [0, 0.1) is 5.41 Å². The predicted molar refractivity (Wildman–Crippen MR) is 170 cm³/mol. The number of thiocarbonyl (C=S) groups is 1. The van der Waals surface area contributed by atoms with E-state index >= 15 is 0 Å². The van der Waals surface area contributed by atoms with Crippen LogP contribution >= 0.6 is 12.2 Å². The number of allylic oxidation sites excluding steroid dienone is 1. The van der Waals surface area contributed by atoms with Crippen molar-refractivity contribution < 1.29 is 82.7 Å². The Morgan fingerprint density at radius 1 is 1.18 bits per heavy atom. The molecule has 6 N–H and O–H groups in total. The zero-order valence-electron chi connectivity index (χ0n) is 28.4. The van der Waals surface area contributed by atoms with E-state index in [4.69, 9.17) is 38.6 Å². The Labute approximate surface area is 296 Å². The second-order valence-corrected chi connectivity index (χ2v) is 12.2. The highest BCUT2D eigenvalue weighted by Crippen LogP contribution is 2.42. The van der Waals surface area contributed by atoms with E-state index in [-0.39, 0.29) is 12.1 Å². The first-order valence-corrected chi connectivity index (χ1v) is 15.9. The Morgan fingerprint density at radius 2 is 1.82 bits per heavy atom. The quantitative estimate of drug-likeness (QED) is 0.0480. The van der Waals surface area contributed by atoms with Gasteiger partial charge in [-0.1, -0.05) is 6.08 Å². The molecule has 3 aliphatic rings. The van der Waals surface area contributed by atoms with Gasteiger partial charge in [0.2, 0.25) is 0 Å². The van der Waals surface area contributed by atoms with Gasteiger partial charge >= 0.3 is 23.9 Å². The number of carboxylic acids is 1. The largest absolute Gasteiger partial charge is 0.508 e. The number of aliphatic carboxylic acids is 1. The van der Waals surface area contributed by atoms with E-state index in [1.807, 2.05) is 5.16 Å². The van der Waals surface area contributed by atoms with Crippen molar-refractivity contribution >= 4 is 52.8 Å². The number of nitrogens with one attached hydrogen (secondary N) is 1. The van der Waals surface area contributed by atoms with Gasteiger partial charge in [0.1, 0.15) is 54.2 Å². The molecule has 0 spiro atoms. The number of aliphatic imine (C=N–C) groups is 1. The number of nitrogens with zero attached hydrogens (tertiary/aromatic N) is 1. The standard InChI is InChI=1S/C31H40N2O17S/c1-7-16(33-11-51)29(41)50-24-18(10-45-14(4)34)48-27(30(42)9-17(36)22(32)21(26(30)38)28(39)40)23(37)25(24)49-20-8-19(44-6)31(43,13(3)47-20)12(2)46-15(5)35/h7,12-13,18-20,23-25,27,32,37-38,42-43H,8-10H2,1-6H3,(H,39,40)/b16-7+,32-22?/t12-,13?,18?,19?,20?,23?,24?,25?,27-,30+,31?/m0/s1. The molecule has 0 saturated carbocycles. The highest BCUT2D eigenvalue weighted by Gasteiger charge is 2.62. The fraction of sp³-hybridized carbons (Fsp3) is 0.645. The molecule has 2 saturated heterocycles. The molecule has 2 aliphatic heterocycles. The predicted octanol–water partition coefficient (Wildman–Crippen LogP) is -0.566. The number of hydrogen-bond donors (Lipinski definition) is 6. The number of carboxylic acid groups (broad SMARTS) is 1. The summed E-state index contributed by atoms with van der Waals surface area (Å²) in [5.41, 5.74) is -7.72. The van der Waals surface area contributed by atoms with E-state index in [2.05, 4.69) is 17.2 Å². The molecule has 0 amide bonds. The molecule has 2 heterocycles. The molecule has 0 aromatic carbocycles. The number of isothiocyanates is 1. The van der Waals surface area contributed by atoms with E-state index in [0.29, 0.717) is 0 Å². The maximum atomic E-state index is 13.2. The van der Waals surface area contributed by atoms with Crippen LogP contribution < -0.4 is 0 Å². The minimum atomic E-state index is -3.02. The van der Waals surface area contributed by atoms with Crippen LogP contribution in [0.15, 0.2) is 28.1 Å². The molecule has 20 heteroatoms. The summed E-state index contributed by atoms with van der Waals surface area (Å²) in [5, 5.41) is 65.7. The lowest BCUT2D eigenvalue weighted by atomic mass is 9.74. The Morgan fingerprint density at radius 3 is 2.35 bits per heavy atom. The second kappa shape index (κ2) is 16.6. The third kappa shape index (κ3) is 8.40. The van der Waals surface area contributed by atoms with Crippen molar-refractivity contribution in [3.8, 4) is 0 Å². The maximum absolute atomic E-state index is 13.2. The number of ketones is 1. The van der Waals surface area contributed by atoms with Gasteiger partial charge in [0.15, 0.2) is 35.1 Å². The number of aliphatic hydroxyl groups excluding tert-OH is 2. The van der Waals surface area contributed by atoms with Crippen LogP contribution in [0.2, 0.25) is 0 Å². The van der Waals surface area contributed by atoms with Gasteiger partial charge in [0, 0.05) is 27.4 Å². The van der Waals surface area contributed by atoms with E-state index < -0.39 is 126 Å².